The number of hydrogen-bond acceptors (Lipinski definition) is 3. The lowest BCUT2D eigenvalue weighted by Gasteiger charge is -2.29. The first-order valence-electron chi connectivity index (χ1n) is 6.74. The van der Waals surface area contributed by atoms with Gasteiger partial charge in [-0.3, -0.25) is 0 Å². The average Bonchev–Trinajstić information content (AvgIpc) is 2.84. The monoisotopic (exact) mass is 260 g/mol. The summed E-state index contributed by atoms with van der Waals surface area (Å²) >= 11 is 1.87. The van der Waals surface area contributed by atoms with Gasteiger partial charge in [0.1, 0.15) is 0 Å². The first kappa shape index (κ1) is 12.2. The quantitative estimate of drug-likeness (QED) is 0.913. The summed E-state index contributed by atoms with van der Waals surface area (Å²) in [5.74, 6) is 0.624. The zero-order valence-electron chi connectivity index (χ0n) is 10.9. The van der Waals surface area contributed by atoms with Gasteiger partial charge in [0, 0.05) is 37.4 Å². The molecule has 0 spiro atoms. The summed E-state index contributed by atoms with van der Waals surface area (Å²) in [5.41, 5.74) is 1.52. The van der Waals surface area contributed by atoms with Gasteiger partial charge in [0.15, 0.2) is 0 Å². The molecule has 1 aromatic heterocycles. The molecular weight excluding hydrogens is 240 g/mol. The van der Waals surface area contributed by atoms with Crippen LogP contribution in [0.15, 0.2) is 29.6 Å². The van der Waals surface area contributed by atoms with Crippen LogP contribution in [0.4, 0.5) is 0 Å². The van der Waals surface area contributed by atoms with Gasteiger partial charge in [-0.1, -0.05) is 25.1 Å². The Morgan fingerprint density at radius 2 is 2.06 bits per heavy atom. The minimum atomic E-state index is 0.624. The molecule has 2 heterocycles. The van der Waals surface area contributed by atoms with E-state index in [1.54, 1.807) is 0 Å². The van der Waals surface area contributed by atoms with Crippen molar-refractivity contribution in [3.05, 3.63) is 35.2 Å². The predicted octanol–water partition coefficient (Wildman–Crippen LogP) is 2.91. The summed E-state index contributed by atoms with van der Waals surface area (Å²) in [4.78, 5) is 2.58. The molecule has 0 bridgehead atoms. The standard InChI is InChI=1S/C15H20N2S/c1-12(10-17-8-6-16-7-9-17)14-11-18-15-5-3-2-4-13(14)15/h2-5,11-12,16H,6-10H2,1H3. The van der Waals surface area contributed by atoms with Gasteiger partial charge in [0.25, 0.3) is 0 Å². The van der Waals surface area contributed by atoms with Crippen molar-refractivity contribution < 1.29 is 0 Å². The third kappa shape index (κ3) is 2.44. The molecule has 0 radical (unpaired) electrons. The lowest BCUT2D eigenvalue weighted by Crippen LogP contribution is -2.44. The van der Waals surface area contributed by atoms with E-state index in [0.717, 1.165) is 13.1 Å². The maximum Gasteiger partial charge on any atom is 0.0345 e. The Labute approximate surface area is 113 Å². The van der Waals surface area contributed by atoms with Crippen LogP contribution in [0.2, 0.25) is 0 Å². The first-order chi connectivity index (χ1) is 8.84. The van der Waals surface area contributed by atoms with E-state index in [0.29, 0.717) is 5.92 Å². The summed E-state index contributed by atoms with van der Waals surface area (Å²) in [6, 6.07) is 8.76. The zero-order valence-corrected chi connectivity index (χ0v) is 11.7. The van der Waals surface area contributed by atoms with Gasteiger partial charge in [-0.15, -0.1) is 11.3 Å². The molecule has 1 unspecified atom stereocenters. The number of thiophene rings is 1. The van der Waals surface area contributed by atoms with Crippen LogP contribution in [0.5, 0.6) is 0 Å². The molecule has 1 aliphatic heterocycles. The third-order valence-corrected chi connectivity index (χ3v) is 4.77. The van der Waals surface area contributed by atoms with Crippen molar-refractivity contribution in [2.45, 2.75) is 12.8 Å². The molecule has 96 valence electrons. The smallest absolute Gasteiger partial charge is 0.0345 e. The highest BCUT2D eigenvalue weighted by atomic mass is 32.1. The van der Waals surface area contributed by atoms with E-state index < -0.39 is 0 Å². The molecule has 1 aromatic carbocycles. The number of nitrogens with zero attached hydrogens (tertiary/aromatic N) is 1. The number of fused-ring (bicyclic) bond motifs is 1. The number of nitrogens with one attached hydrogen (secondary N) is 1. The summed E-state index contributed by atoms with van der Waals surface area (Å²) in [5, 5.41) is 7.21. The van der Waals surface area contributed by atoms with E-state index in [-0.39, 0.29) is 0 Å². The Bertz CT molecular complexity index is 514. The van der Waals surface area contributed by atoms with Gasteiger partial charge in [-0.05, 0) is 28.3 Å². The molecule has 2 nitrogen and oxygen atoms in total. The van der Waals surface area contributed by atoms with Gasteiger partial charge in [-0.25, -0.2) is 0 Å². The maximum absolute atomic E-state index is 3.41. The molecule has 0 aliphatic carbocycles. The first-order valence-corrected chi connectivity index (χ1v) is 7.62. The van der Waals surface area contributed by atoms with Crippen LogP contribution < -0.4 is 5.32 Å². The molecule has 0 saturated carbocycles. The number of hydrogen-bond donors (Lipinski definition) is 1. The molecule has 1 atom stereocenters. The predicted molar refractivity (Wildman–Crippen MR) is 79.5 cm³/mol. The molecule has 3 rings (SSSR count). The van der Waals surface area contributed by atoms with Gasteiger partial charge in [-0.2, -0.15) is 0 Å². The molecule has 3 heteroatoms. The van der Waals surface area contributed by atoms with E-state index in [9.17, 15) is 0 Å². The number of benzene rings is 1. The van der Waals surface area contributed by atoms with Crippen molar-refractivity contribution in [2.75, 3.05) is 32.7 Å². The lowest BCUT2D eigenvalue weighted by molar-refractivity contribution is 0.231. The van der Waals surface area contributed by atoms with Crippen molar-refractivity contribution in [1.82, 2.24) is 10.2 Å². The molecular formula is C15H20N2S. The third-order valence-electron chi connectivity index (χ3n) is 3.78. The lowest BCUT2D eigenvalue weighted by atomic mass is 9.99. The highest BCUT2D eigenvalue weighted by molar-refractivity contribution is 7.17. The second kappa shape index (κ2) is 5.39. The van der Waals surface area contributed by atoms with Crippen molar-refractivity contribution in [1.29, 1.82) is 0 Å². The van der Waals surface area contributed by atoms with Gasteiger partial charge in [0.2, 0.25) is 0 Å². The Morgan fingerprint density at radius 1 is 1.28 bits per heavy atom. The highest BCUT2D eigenvalue weighted by Gasteiger charge is 2.16. The number of rotatable bonds is 3. The Hall–Kier alpha value is -0.900. The van der Waals surface area contributed by atoms with Gasteiger partial charge >= 0.3 is 0 Å². The summed E-state index contributed by atoms with van der Waals surface area (Å²) in [7, 11) is 0. The summed E-state index contributed by atoms with van der Waals surface area (Å²) in [6.45, 7) is 8.19. The van der Waals surface area contributed by atoms with E-state index in [2.05, 4.69) is 46.8 Å². The minimum absolute atomic E-state index is 0.624. The van der Waals surface area contributed by atoms with Crippen LogP contribution in [0.25, 0.3) is 10.1 Å². The SMILES string of the molecule is CC(CN1CCNCC1)c1csc2ccccc12. The molecule has 1 N–H and O–H groups in total. The summed E-state index contributed by atoms with van der Waals surface area (Å²) in [6.07, 6.45) is 0. The van der Waals surface area contributed by atoms with Gasteiger partial charge < -0.3 is 10.2 Å². The van der Waals surface area contributed by atoms with E-state index in [4.69, 9.17) is 0 Å². The second-order valence-electron chi connectivity index (χ2n) is 5.14. The maximum atomic E-state index is 3.41. The van der Waals surface area contributed by atoms with Crippen molar-refractivity contribution in [3.8, 4) is 0 Å². The van der Waals surface area contributed by atoms with E-state index in [1.807, 2.05) is 11.3 Å². The van der Waals surface area contributed by atoms with Crippen molar-refractivity contribution in [2.24, 2.45) is 0 Å². The normalized spacial score (nSPS) is 19.2. The molecule has 18 heavy (non-hydrogen) atoms. The summed E-state index contributed by atoms with van der Waals surface area (Å²) < 4.78 is 1.42. The Morgan fingerprint density at radius 3 is 2.89 bits per heavy atom. The van der Waals surface area contributed by atoms with Gasteiger partial charge in [0.05, 0.1) is 0 Å². The highest BCUT2D eigenvalue weighted by Crippen LogP contribution is 2.31. The van der Waals surface area contributed by atoms with Crippen LogP contribution in [0.3, 0.4) is 0 Å². The largest absolute Gasteiger partial charge is 0.314 e. The number of piperazine rings is 1. The molecule has 1 fully saturated rings. The fraction of sp³-hybridized carbons (Fsp3) is 0.467. The Balaban J connectivity index is 1.76. The molecule has 2 aromatic rings. The van der Waals surface area contributed by atoms with E-state index in [1.165, 1.54) is 35.3 Å². The minimum Gasteiger partial charge on any atom is -0.314 e. The zero-order chi connectivity index (χ0) is 12.4. The van der Waals surface area contributed by atoms with E-state index >= 15 is 0 Å². The second-order valence-corrected chi connectivity index (χ2v) is 6.05. The molecule has 1 aliphatic rings. The van der Waals surface area contributed by atoms with Crippen LogP contribution in [0.1, 0.15) is 18.4 Å². The van der Waals surface area contributed by atoms with Crippen LogP contribution in [0, 0.1) is 0 Å². The molecule has 1 saturated heterocycles. The molecule has 0 amide bonds. The van der Waals surface area contributed by atoms with Crippen molar-refractivity contribution in [3.63, 3.8) is 0 Å². The van der Waals surface area contributed by atoms with Crippen LogP contribution in [-0.4, -0.2) is 37.6 Å². The fourth-order valence-electron chi connectivity index (χ4n) is 2.76. The van der Waals surface area contributed by atoms with Crippen LogP contribution in [-0.2, 0) is 0 Å². The average molecular weight is 260 g/mol. The van der Waals surface area contributed by atoms with Crippen LogP contribution >= 0.6 is 11.3 Å². The Kier molecular flexibility index (Phi) is 3.64. The van der Waals surface area contributed by atoms with Crippen molar-refractivity contribution >= 4 is 21.4 Å². The fourth-order valence-corrected chi connectivity index (χ4v) is 3.84. The topological polar surface area (TPSA) is 15.3 Å².